The van der Waals surface area contributed by atoms with Crippen molar-refractivity contribution in [3.8, 4) is 0 Å². The number of nitrogens with one attached hydrogen (secondary N) is 1. The molecule has 0 unspecified atom stereocenters. The van der Waals surface area contributed by atoms with Gasteiger partial charge < -0.3 is 9.84 Å². The first kappa shape index (κ1) is 16.8. The third-order valence-electron chi connectivity index (χ3n) is 4.36. The zero-order valence-corrected chi connectivity index (χ0v) is 14.5. The van der Waals surface area contributed by atoms with Gasteiger partial charge in [0.15, 0.2) is 5.76 Å². The quantitative estimate of drug-likeness (QED) is 0.907. The maximum absolute atomic E-state index is 15.0. The first-order valence-corrected chi connectivity index (χ1v) is 8.31. The minimum atomic E-state index is -1.21. The van der Waals surface area contributed by atoms with Gasteiger partial charge in [0.2, 0.25) is 0 Å². The van der Waals surface area contributed by atoms with Crippen LogP contribution < -0.4 is 5.32 Å². The molecule has 1 aliphatic rings. The smallest absolute Gasteiger partial charge is 0.150 e. The molecule has 0 bridgehead atoms. The monoisotopic (exact) mass is 333 g/mol. The molecule has 0 radical (unpaired) electrons. The number of anilines is 1. The zero-order chi connectivity index (χ0) is 17.2. The lowest BCUT2D eigenvalue weighted by Gasteiger charge is -2.36. The molecule has 0 spiro atoms. The molecule has 130 valence electrons. The zero-order valence-electron chi connectivity index (χ0n) is 14.5. The van der Waals surface area contributed by atoms with E-state index in [4.69, 9.17) is 4.52 Å². The molecule has 2 aromatic rings. The summed E-state index contributed by atoms with van der Waals surface area (Å²) in [6.45, 7) is 8.03. The Morgan fingerprint density at radius 3 is 2.54 bits per heavy atom. The summed E-state index contributed by atoms with van der Waals surface area (Å²) in [5, 5.41) is 7.02. The number of aromatic nitrogens is 3. The fraction of sp³-hybridized carbons (Fsp3) is 0.588. The molecule has 1 saturated heterocycles. The first-order valence-electron chi connectivity index (χ1n) is 8.31. The Labute approximate surface area is 141 Å². The number of likely N-dealkylation sites (tertiary alicyclic amines) is 1. The van der Waals surface area contributed by atoms with E-state index < -0.39 is 5.67 Å². The van der Waals surface area contributed by atoms with Crippen LogP contribution in [-0.2, 0) is 6.54 Å². The summed E-state index contributed by atoms with van der Waals surface area (Å²) in [5.41, 5.74) is 0.553. The van der Waals surface area contributed by atoms with Crippen molar-refractivity contribution >= 4 is 5.82 Å². The lowest BCUT2D eigenvalue weighted by Crippen LogP contribution is -2.45. The van der Waals surface area contributed by atoms with Crippen LogP contribution in [0.15, 0.2) is 16.7 Å². The molecule has 3 rings (SSSR count). The number of alkyl halides is 1. The average molecular weight is 333 g/mol. The van der Waals surface area contributed by atoms with Gasteiger partial charge in [0.1, 0.15) is 17.3 Å². The van der Waals surface area contributed by atoms with Crippen molar-refractivity contribution in [1.82, 2.24) is 20.0 Å². The maximum Gasteiger partial charge on any atom is 0.150 e. The van der Waals surface area contributed by atoms with Crippen molar-refractivity contribution in [2.24, 2.45) is 0 Å². The molecule has 0 amide bonds. The van der Waals surface area contributed by atoms with E-state index in [9.17, 15) is 0 Å². The van der Waals surface area contributed by atoms with Crippen LogP contribution >= 0.6 is 0 Å². The predicted molar refractivity (Wildman–Crippen MR) is 89.6 cm³/mol. The lowest BCUT2D eigenvalue weighted by molar-refractivity contribution is 0.0611. The normalized spacial score (nSPS) is 17.8. The highest BCUT2D eigenvalue weighted by molar-refractivity contribution is 5.36. The van der Waals surface area contributed by atoms with Crippen LogP contribution in [0.3, 0.4) is 0 Å². The van der Waals surface area contributed by atoms with Gasteiger partial charge >= 0.3 is 0 Å². The number of aryl methyl sites for hydroxylation is 3. The van der Waals surface area contributed by atoms with E-state index in [2.05, 4.69) is 25.3 Å². The number of halogens is 1. The van der Waals surface area contributed by atoms with Crippen molar-refractivity contribution in [2.75, 3.05) is 25.0 Å². The molecule has 24 heavy (non-hydrogen) atoms. The van der Waals surface area contributed by atoms with Crippen LogP contribution in [0.25, 0.3) is 0 Å². The number of hydrogen-bond acceptors (Lipinski definition) is 6. The van der Waals surface area contributed by atoms with Crippen LogP contribution in [0, 0.1) is 20.8 Å². The Hall–Kier alpha value is -2.02. The molecule has 0 atom stereocenters. The molecular weight excluding hydrogens is 309 g/mol. The number of piperidine rings is 1. The van der Waals surface area contributed by atoms with E-state index in [0.717, 1.165) is 17.1 Å². The minimum Gasteiger partial charge on any atom is -0.367 e. The van der Waals surface area contributed by atoms with Crippen molar-refractivity contribution in [3.05, 3.63) is 35.1 Å². The summed E-state index contributed by atoms with van der Waals surface area (Å²) < 4.78 is 20.2. The summed E-state index contributed by atoms with van der Waals surface area (Å²) >= 11 is 0. The van der Waals surface area contributed by atoms with Gasteiger partial charge in [-0.3, -0.25) is 4.90 Å². The Balaban J connectivity index is 1.50. The van der Waals surface area contributed by atoms with E-state index >= 15 is 4.39 Å². The van der Waals surface area contributed by atoms with Crippen molar-refractivity contribution < 1.29 is 8.91 Å². The van der Waals surface area contributed by atoms with E-state index in [1.54, 1.807) is 0 Å². The fourth-order valence-electron chi connectivity index (χ4n) is 3.06. The van der Waals surface area contributed by atoms with Gasteiger partial charge in [-0.25, -0.2) is 14.4 Å². The standard InChI is InChI=1S/C17H24FN5O/c1-12-9-16(21-14(3)20-12)19-11-17(18)4-6-23(7-5-17)10-15-8-13(2)22-24-15/h8-9H,4-7,10-11H2,1-3H3,(H,19,20,21). The van der Waals surface area contributed by atoms with Gasteiger partial charge in [-0.1, -0.05) is 5.16 Å². The molecule has 0 aromatic carbocycles. The molecule has 3 heterocycles. The summed E-state index contributed by atoms with van der Waals surface area (Å²) in [7, 11) is 0. The third-order valence-corrected chi connectivity index (χ3v) is 4.36. The van der Waals surface area contributed by atoms with E-state index in [-0.39, 0.29) is 6.54 Å². The second kappa shape index (κ2) is 6.84. The highest BCUT2D eigenvalue weighted by Crippen LogP contribution is 2.28. The molecule has 6 nitrogen and oxygen atoms in total. The number of rotatable bonds is 5. The Morgan fingerprint density at radius 1 is 1.17 bits per heavy atom. The molecule has 1 aliphatic heterocycles. The Bertz CT molecular complexity index is 674. The SMILES string of the molecule is Cc1cc(CN2CCC(F)(CNc3cc(C)nc(C)n3)CC2)on1. The molecule has 0 aliphatic carbocycles. The van der Waals surface area contributed by atoms with Crippen molar-refractivity contribution in [1.29, 1.82) is 0 Å². The second-order valence-electron chi connectivity index (χ2n) is 6.66. The van der Waals surface area contributed by atoms with Gasteiger partial charge in [-0.2, -0.15) is 0 Å². The van der Waals surface area contributed by atoms with Gasteiger partial charge in [0.25, 0.3) is 0 Å². The summed E-state index contributed by atoms with van der Waals surface area (Å²) in [6, 6.07) is 3.77. The predicted octanol–water partition coefficient (Wildman–Crippen LogP) is 2.81. The van der Waals surface area contributed by atoms with Gasteiger partial charge in [-0.05, 0) is 33.6 Å². The van der Waals surface area contributed by atoms with Crippen LogP contribution in [0.2, 0.25) is 0 Å². The van der Waals surface area contributed by atoms with E-state index in [1.807, 2.05) is 32.9 Å². The third kappa shape index (κ3) is 4.29. The van der Waals surface area contributed by atoms with E-state index in [1.165, 1.54) is 0 Å². The molecule has 2 aromatic heterocycles. The Kier molecular flexibility index (Phi) is 4.80. The van der Waals surface area contributed by atoms with Gasteiger partial charge in [0.05, 0.1) is 18.8 Å². The van der Waals surface area contributed by atoms with Crippen LogP contribution in [-0.4, -0.2) is 45.3 Å². The minimum absolute atomic E-state index is 0.276. The van der Waals surface area contributed by atoms with Crippen LogP contribution in [0.5, 0.6) is 0 Å². The Morgan fingerprint density at radius 2 is 1.92 bits per heavy atom. The molecule has 0 saturated carbocycles. The van der Waals surface area contributed by atoms with Crippen molar-refractivity contribution in [2.45, 2.75) is 45.8 Å². The van der Waals surface area contributed by atoms with Gasteiger partial charge in [0, 0.05) is 30.9 Å². The second-order valence-corrected chi connectivity index (χ2v) is 6.66. The highest BCUT2D eigenvalue weighted by atomic mass is 19.1. The lowest BCUT2D eigenvalue weighted by atomic mass is 9.93. The van der Waals surface area contributed by atoms with E-state index in [0.29, 0.717) is 44.1 Å². The molecular formula is C17H24FN5O. The number of hydrogen-bond donors (Lipinski definition) is 1. The number of nitrogens with zero attached hydrogens (tertiary/aromatic N) is 4. The fourth-order valence-corrected chi connectivity index (χ4v) is 3.06. The largest absolute Gasteiger partial charge is 0.367 e. The van der Waals surface area contributed by atoms with Crippen LogP contribution in [0.1, 0.15) is 35.8 Å². The van der Waals surface area contributed by atoms with Crippen LogP contribution in [0.4, 0.5) is 10.2 Å². The molecule has 1 N–H and O–H groups in total. The summed E-state index contributed by atoms with van der Waals surface area (Å²) in [5.74, 6) is 2.23. The maximum atomic E-state index is 15.0. The average Bonchev–Trinajstić information content (AvgIpc) is 2.92. The summed E-state index contributed by atoms with van der Waals surface area (Å²) in [6.07, 6.45) is 0.992. The molecule has 1 fully saturated rings. The van der Waals surface area contributed by atoms with Gasteiger partial charge in [-0.15, -0.1) is 0 Å². The topological polar surface area (TPSA) is 67.1 Å². The molecule has 7 heteroatoms. The van der Waals surface area contributed by atoms with Crippen molar-refractivity contribution in [3.63, 3.8) is 0 Å². The highest BCUT2D eigenvalue weighted by Gasteiger charge is 2.34. The summed E-state index contributed by atoms with van der Waals surface area (Å²) in [4.78, 5) is 10.7. The first-order chi connectivity index (χ1) is 11.4.